The van der Waals surface area contributed by atoms with Gasteiger partial charge in [-0.25, -0.2) is 4.79 Å². The summed E-state index contributed by atoms with van der Waals surface area (Å²) in [5, 5.41) is 17.0. The van der Waals surface area contributed by atoms with Gasteiger partial charge in [-0.3, -0.25) is 19.7 Å². The highest BCUT2D eigenvalue weighted by Crippen LogP contribution is 2.31. The molecular weight excluding hydrogens is 476 g/mol. The van der Waals surface area contributed by atoms with Crippen molar-refractivity contribution in [1.82, 2.24) is 5.32 Å². The summed E-state index contributed by atoms with van der Waals surface area (Å²) in [6, 6.07) is 21.0. The van der Waals surface area contributed by atoms with E-state index in [0.717, 1.165) is 10.8 Å². The maximum atomic E-state index is 13.8. The number of nitrogens with one attached hydrogen (secondary N) is 1. The molecule has 1 N–H and O–H groups in total. The summed E-state index contributed by atoms with van der Waals surface area (Å²) in [6.07, 6.45) is -0.273. The van der Waals surface area contributed by atoms with Gasteiger partial charge in [0.15, 0.2) is 0 Å². The third kappa shape index (κ3) is 5.25. The van der Waals surface area contributed by atoms with Crippen molar-refractivity contribution in [2.75, 3.05) is 14.2 Å². The first-order valence-corrected chi connectivity index (χ1v) is 11.4. The Balaban J connectivity index is 1.81. The maximum absolute atomic E-state index is 13.8. The summed E-state index contributed by atoms with van der Waals surface area (Å²) >= 11 is 0. The van der Waals surface area contributed by atoms with Crippen LogP contribution in [0.3, 0.4) is 0 Å². The van der Waals surface area contributed by atoms with Crippen molar-refractivity contribution >= 4 is 45.1 Å². The van der Waals surface area contributed by atoms with Crippen LogP contribution in [0.25, 0.3) is 21.5 Å². The average Bonchev–Trinajstić information content (AvgIpc) is 2.92. The van der Waals surface area contributed by atoms with Crippen LogP contribution in [0.15, 0.2) is 78.9 Å². The second kappa shape index (κ2) is 10.9. The number of methoxy groups -OCH3 is 2. The van der Waals surface area contributed by atoms with Crippen molar-refractivity contribution in [3.05, 3.63) is 100 Å². The Hall–Kier alpha value is -4.79. The van der Waals surface area contributed by atoms with Crippen LogP contribution in [0.2, 0.25) is 0 Å². The molecule has 9 nitrogen and oxygen atoms in total. The molecule has 0 radical (unpaired) electrons. The largest absolute Gasteiger partial charge is 0.469 e. The SMILES string of the molecule is COC(=O)C[C@@H](c1ccc([N+](=O)[O-])cc1)[C@@H](NC(=O)c1c2ccccc2cc2ccccc12)C(=O)OC. The Morgan fingerprint density at radius 3 is 1.95 bits per heavy atom. The number of hydrogen-bond donors (Lipinski definition) is 1. The molecule has 1 amide bonds. The molecule has 0 saturated heterocycles. The van der Waals surface area contributed by atoms with E-state index in [1.165, 1.54) is 38.5 Å². The Morgan fingerprint density at radius 1 is 0.865 bits per heavy atom. The zero-order chi connectivity index (χ0) is 26.5. The number of esters is 2. The minimum Gasteiger partial charge on any atom is -0.469 e. The molecule has 0 heterocycles. The van der Waals surface area contributed by atoms with Gasteiger partial charge in [0.25, 0.3) is 11.6 Å². The number of nitro groups is 1. The van der Waals surface area contributed by atoms with Crippen molar-refractivity contribution in [1.29, 1.82) is 0 Å². The molecule has 0 bridgehead atoms. The van der Waals surface area contributed by atoms with Gasteiger partial charge in [-0.2, -0.15) is 0 Å². The summed E-state index contributed by atoms with van der Waals surface area (Å²) in [7, 11) is 2.39. The van der Waals surface area contributed by atoms with Gasteiger partial charge in [0.1, 0.15) is 6.04 Å². The summed E-state index contributed by atoms with van der Waals surface area (Å²) < 4.78 is 9.81. The van der Waals surface area contributed by atoms with E-state index < -0.39 is 34.7 Å². The quantitative estimate of drug-likeness (QED) is 0.163. The van der Waals surface area contributed by atoms with E-state index in [9.17, 15) is 24.5 Å². The normalized spacial score (nSPS) is 12.5. The number of nitrogens with zero attached hydrogens (tertiary/aromatic N) is 1. The number of ether oxygens (including phenoxy) is 2. The lowest BCUT2D eigenvalue weighted by atomic mass is 9.87. The van der Waals surface area contributed by atoms with E-state index >= 15 is 0 Å². The van der Waals surface area contributed by atoms with Gasteiger partial charge in [-0.05, 0) is 33.2 Å². The van der Waals surface area contributed by atoms with Gasteiger partial charge in [0.05, 0.1) is 31.1 Å². The molecule has 188 valence electrons. The fourth-order valence-corrected chi connectivity index (χ4v) is 4.46. The first-order valence-electron chi connectivity index (χ1n) is 11.4. The lowest BCUT2D eigenvalue weighted by Crippen LogP contribution is -2.46. The van der Waals surface area contributed by atoms with E-state index in [2.05, 4.69) is 5.32 Å². The lowest BCUT2D eigenvalue weighted by molar-refractivity contribution is -0.384. The molecule has 0 fully saturated rings. The van der Waals surface area contributed by atoms with Gasteiger partial charge >= 0.3 is 11.9 Å². The number of hydrogen-bond acceptors (Lipinski definition) is 7. The van der Waals surface area contributed by atoms with Crippen molar-refractivity contribution in [3.63, 3.8) is 0 Å². The third-order valence-corrected chi connectivity index (χ3v) is 6.29. The Labute approximate surface area is 212 Å². The second-order valence-electron chi connectivity index (χ2n) is 8.40. The minimum absolute atomic E-state index is 0.151. The van der Waals surface area contributed by atoms with Crippen molar-refractivity contribution in [3.8, 4) is 0 Å². The van der Waals surface area contributed by atoms with Crippen LogP contribution in [0.4, 0.5) is 5.69 Å². The maximum Gasteiger partial charge on any atom is 0.329 e. The molecule has 4 rings (SSSR count). The molecule has 4 aromatic rings. The standard InChI is InChI=1S/C28H24N2O7/c1-36-24(31)16-23(17-11-13-20(14-12-17)30(34)35)26(28(33)37-2)29-27(32)25-21-9-5-3-7-18(21)15-19-8-4-6-10-22(19)25/h3-15,23,26H,16H2,1-2H3,(H,29,32)/t23-,26+/m0/s1. The number of benzene rings is 4. The number of nitro benzene ring substituents is 1. The molecule has 4 aromatic carbocycles. The fraction of sp³-hybridized carbons (Fsp3) is 0.179. The predicted octanol–water partition coefficient (Wildman–Crippen LogP) is 4.52. The fourth-order valence-electron chi connectivity index (χ4n) is 4.46. The molecule has 0 unspecified atom stereocenters. The first kappa shape index (κ1) is 25.3. The van der Waals surface area contributed by atoms with E-state index in [-0.39, 0.29) is 12.1 Å². The number of carbonyl (C=O) groups excluding carboxylic acids is 3. The van der Waals surface area contributed by atoms with Crippen LogP contribution < -0.4 is 5.32 Å². The predicted molar refractivity (Wildman–Crippen MR) is 137 cm³/mol. The van der Waals surface area contributed by atoms with Gasteiger partial charge in [-0.1, -0.05) is 60.7 Å². The average molecular weight is 501 g/mol. The zero-order valence-electron chi connectivity index (χ0n) is 20.2. The summed E-state index contributed by atoms with van der Waals surface area (Å²) in [4.78, 5) is 49.6. The molecule has 0 aliphatic heterocycles. The van der Waals surface area contributed by atoms with Crippen LogP contribution in [0, 0.1) is 10.1 Å². The molecule has 0 spiro atoms. The number of rotatable bonds is 8. The molecule has 0 aromatic heterocycles. The van der Waals surface area contributed by atoms with Crippen molar-refractivity contribution < 1.29 is 28.8 Å². The molecule has 0 aliphatic rings. The van der Waals surface area contributed by atoms with Gasteiger partial charge in [-0.15, -0.1) is 0 Å². The zero-order valence-corrected chi connectivity index (χ0v) is 20.2. The Kier molecular flexibility index (Phi) is 7.43. The van der Waals surface area contributed by atoms with Crippen molar-refractivity contribution in [2.45, 2.75) is 18.4 Å². The number of carbonyl (C=O) groups is 3. The molecule has 2 atom stereocenters. The topological polar surface area (TPSA) is 125 Å². The van der Waals surface area contributed by atoms with E-state index in [0.29, 0.717) is 21.9 Å². The van der Waals surface area contributed by atoms with Crippen LogP contribution >= 0.6 is 0 Å². The summed E-state index contributed by atoms with van der Waals surface area (Å²) in [6.45, 7) is 0. The second-order valence-corrected chi connectivity index (χ2v) is 8.40. The van der Waals surface area contributed by atoms with Crippen LogP contribution in [0.5, 0.6) is 0 Å². The van der Waals surface area contributed by atoms with Gasteiger partial charge < -0.3 is 14.8 Å². The monoisotopic (exact) mass is 500 g/mol. The molecule has 37 heavy (non-hydrogen) atoms. The Morgan fingerprint density at radius 2 is 1.43 bits per heavy atom. The first-order chi connectivity index (χ1) is 17.8. The molecule has 0 saturated carbocycles. The number of amides is 1. The lowest BCUT2D eigenvalue weighted by Gasteiger charge is -2.26. The van der Waals surface area contributed by atoms with Gasteiger partial charge in [0, 0.05) is 18.1 Å². The summed E-state index contributed by atoms with van der Waals surface area (Å²) in [5.41, 5.74) is 0.652. The van der Waals surface area contributed by atoms with E-state index in [4.69, 9.17) is 9.47 Å². The minimum atomic E-state index is -1.28. The van der Waals surface area contributed by atoms with E-state index in [1.807, 2.05) is 54.6 Å². The third-order valence-electron chi connectivity index (χ3n) is 6.29. The highest BCUT2D eigenvalue weighted by molar-refractivity contribution is 6.18. The molecule has 0 aliphatic carbocycles. The molecular formula is C28H24N2O7. The molecule has 9 heteroatoms. The highest BCUT2D eigenvalue weighted by atomic mass is 16.6. The number of fused-ring (bicyclic) bond motifs is 2. The van der Waals surface area contributed by atoms with Crippen LogP contribution in [-0.2, 0) is 19.1 Å². The van der Waals surface area contributed by atoms with Crippen LogP contribution in [-0.4, -0.2) is 43.0 Å². The van der Waals surface area contributed by atoms with Crippen LogP contribution in [0.1, 0.15) is 28.3 Å². The highest BCUT2D eigenvalue weighted by Gasteiger charge is 2.35. The smallest absolute Gasteiger partial charge is 0.329 e. The summed E-state index contributed by atoms with van der Waals surface area (Å²) in [5.74, 6) is -2.83. The number of non-ortho nitro benzene ring substituents is 1. The van der Waals surface area contributed by atoms with E-state index in [1.54, 1.807) is 0 Å². The van der Waals surface area contributed by atoms with Gasteiger partial charge in [0.2, 0.25) is 0 Å². The van der Waals surface area contributed by atoms with Crippen molar-refractivity contribution in [2.24, 2.45) is 0 Å². The Bertz CT molecular complexity index is 1440.